The fourth-order valence-corrected chi connectivity index (χ4v) is 1.25. The predicted octanol–water partition coefficient (Wildman–Crippen LogP) is 1.61. The van der Waals surface area contributed by atoms with Crippen LogP contribution in [0.25, 0.3) is 0 Å². The maximum absolute atomic E-state index is 11.0. The molecule has 14 heavy (non-hydrogen) atoms. The van der Waals surface area contributed by atoms with Gasteiger partial charge in [0.15, 0.2) is 0 Å². The van der Waals surface area contributed by atoms with Crippen LogP contribution in [0.1, 0.15) is 16.7 Å². The molecule has 0 radical (unpaired) electrons. The second-order valence-corrected chi connectivity index (χ2v) is 3.35. The molecule has 76 valence electrons. The first-order valence-corrected chi connectivity index (χ1v) is 4.40. The van der Waals surface area contributed by atoms with Gasteiger partial charge in [-0.25, -0.2) is 10.6 Å². The molecule has 4 heteroatoms. The third-order valence-electron chi connectivity index (χ3n) is 2.22. The van der Waals surface area contributed by atoms with Gasteiger partial charge >= 0.3 is 6.03 Å². The summed E-state index contributed by atoms with van der Waals surface area (Å²) >= 11 is 0. The van der Waals surface area contributed by atoms with Crippen molar-refractivity contribution >= 4 is 11.7 Å². The summed E-state index contributed by atoms with van der Waals surface area (Å²) in [4.78, 5) is 11.0. The van der Waals surface area contributed by atoms with Crippen molar-refractivity contribution in [3.05, 3.63) is 28.8 Å². The molecule has 1 aromatic rings. The highest BCUT2D eigenvalue weighted by molar-refractivity contribution is 5.89. The zero-order valence-electron chi connectivity index (χ0n) is 8.64. The van der Waals surface area contributed by atoms with Gasteiger partial charge in [-0.15, -0.1) is 0 Å². The number of hydrazine groups is 1. The van der Waals surface area contributed by atoms with Crippen LogP contribution in [-0.4, -0.2) is 6.03 Å². The smallest absolute Gasteiger partial charge is 0.307 e. The molecule has 0 aliphatic heterocycles. The fourth-order valence-electron chi connectivity index (χ4n) is 1.25. The van der Waals surface area contributed by atoms with E-state index >= 15 is 0 Å². The standard InChI is InChI=1S/C10H15N3O/c1-6-4-8(3)9(5-7(6)2)12-10(14)13-11/h4-5H,11H2,1-3H3,(H2,12,13,14). The average molecular weight is 193 g/mol. The molecule has 0 bridgehead atoms. The number of nitrogens with two attached hydrogens (primary N) is 1. The minimum atomic E-state index is -0.406. The van der Waals surface area contributed by atoms with Crippen LogP contribution in [0.3, 0.4) is 0 Å². The summed E-state index contributed by atoms with van der Waals surface area (Å²) in [5, 5.41) is 2.65. The molecule has 1 aromatic carbocycles. The number of carbonyl (C=O) groups excluding carboxylic acids is 1. The fraction of sp³-hybridized carbons (Fsp3) is 0.300. The zero-order valence-corrected chi connectivity index (χ0v) is 8.64. The predicted molar refractivity (Wildman–Crippen MR) is 57.0 cm³/mol. The maximum atomic E-state index is 11.0. The van der Waals surface area contributed by atoms with E-state index in [4.69, 9.17) is 5.84 Å². The van der Waals surface area contributed by atoms with Crippen molar-refractivity contribution < 1.29 is 4.79 Å². The van der Waals surface area contributed by atoms with E-state index < -0.39 is 6.03 Å². The molecule has 0 spiro atoms. The highest BCUT2D eigenvalue weighted by Crippen LogP contribution is 2.19. The van der Waals surface area contributed by atoms with E-state index in [2.05, 4.69) is 5.32 Å². The molecule has 0 aliphatic carbocycles. The molecular formula is C10H15N3O. The number of rotatable bonds is 1. The molecule has 4 nitrogen and oxygen atoms in total. The summed E-state index contributed by atoms with van der Waals surface area (Å²) in [6, 6.07) is 3.55. The van der Waals surface area contributed by atoms with Crippen LogP contribution in [0, 0.1) is 20.8 Å². The molecule has 0 saturated carbocycles. The Hall–Kier alpha value is -1.55. The molecule has 0 heterocycles. The van der Waals surface area contributed by atoms with E-state index in [1.54, 1.807) is 0 Å². The van der Waals surface area contributed by atoms with Crippen LogP contribution in [0.15, 0.2) is 12.1 Å². The van der Waals surface area contributed by atoms with Gasteiger partial charge in [-0.3, -0.25) is 5.43 Å². The number of carbonyl (C=O) groups is 1. The topological polar surface area (TPSA) is 67.2 Å². The lowest BCUT2D eigenvalue weighted by Crippen LogP contribution is -2.34. The van der Waals surface area contributed by atoms with Crippen LogP contribution in [0.5, 0.6) is 0 Å². The van der Waals surface area contributed by atoms with E-state index in [1.165, 1.54) is 5.56 Å². The van der Waals surface area contributed by atoms with Crippen molar-refractivity contribution in [1.29, 1.82) is 0 Å². The minimum Gasteiger partial charge on any atom is -0.307 e. The first-order valence-electron chi connectivity index (χ1n) is 4.40. The number of hydrogen-bond acceptors (Lipinski definition) is 2. The lowest BCUT2D eigenvalue weighted by Gasteiger charge is -2.10. The third-order valence-corrected chi connectivity index (χ3v) is 2.22. The summed E-state index contributed by atoms with van der Waals surface area (Å²) in [6.07, 6.45) is 0. The maximum Gasteiger partial charge on any atom is 0.333 e. The van der Waals surface area contributed by atoms with E-state index in [0.717, 1.165) is 16.8 Å². The average Bonchev–Trinajstić information content (AvgIpc) is 2.14. The van der Waals surface area contributed by atoms with E-state index in [-0.39, 0.29) is 0 Å². The number of benzene rings is 1. The van der Waals surface area contributed by atoms with Crippen molar-refractivity contribution in [2.45, 2.75) is 20.8 Å². The zero-order chi connectivity index (χ0) is 10.7. The molecule has 0 aromatic heterocycles. The highest BCUT2D eigenvalue weighted by atomic mass is 16.2. The van der Waals surface area contributed by atoms with Gasteiger partial charge in [0.1, 0.15) is 0 Å². The van der Waals surface area contributed by atoms with Gasteiger partial charge < -0.3 is 5.32 Å². The second-order valence-electron chi connectivity index (χ2n) is 3.35. The molecule has 4 N–H and O–H groups in total. The normalized spacial score (nSPS) is 9.71. The third kappa shape index (κ3) is 2.23. The Bertz CT molecular complexity index is 361. The molecule has 0 atom stereocenters. The second kappa shape index (κ2) is 4.11. The molecule has 0 fully saturated rings. The quantitative estimate of drug-likeness (QED) is 0.360. The Morgan fingerprint density at radius 1 is 1.14 bits per heavy atom. The largest absolute Gasteiger partial charge is 0.333 e. The number of hydrogen-bond donors (Lipinski definition) is 3. The van der Waals surface area contributed by atoms with Gasteiger partial charge in [-0.2, -0.15) is 0 Å². The van der Waals surface area contributed by atoms with E-state index in [0.29, 0.717) is 0 Å². The van der Waals surface area contributed by atoms with Crippen molar-refractivity contribution in [2.24, 2.45) is 5.84 Å². The monoisotopic (exact) mass is 193 g/mol. The van der Waals surface area contributed by atoms with Crippen LogP contribution >= 0.6 is 0 Å². The Morgan fingerprint density at radius 3 is 2.29 bits per heavy atom. The van der Waals surface area contributed by atoms with Gasteiger partial charge in [-0.1, -0.05) is 6.07 Å². The Morgan fingerprint density at radius 2 is 1.71 bits per heavy atom. The number of aryl methyl sites for hydroxylation is 3. The molecular weight excluding hydrogens is 178 g/mol. The van der Waals surface area contributed by atoms with Gasteiger partial charge in [0.05, 0.1) is 0 Å². The van der Waals surface area contributed by atoms with Crippen molar-refractivity contribution in [3.63, 3.8) is 0 Å². The number of nitrogens with one attached hydrogen (secondary N) is 2. The summed E-state index contributed by atoms with van der Waals surface area (Å²) in [6.45, 7) is 5.98. The van der Waals surface area contributed by atoms with Crippen molar-refractivity contribution in [2.75, 3.05) is 5.32 Å². The minimum absolute atomic E-state index is 0.406. The van der Waals surface area contributed by atoms with Crippen molar-refractivity contribution in [1.82, 2.24) is 5.43 Å². The number of anilines is 1. The Labute approximate surface area is 83.5 Å². The molecule has 2 amide bonds. The van der Waals surface area contributed by atoms with Crippen LogP contribution < -0.4 is 16.6 Å². The first-order chi connectivity index (χ1) is 6.54. The Kier molecular flexibility index (Phi) is 3.09. The molecule has 0 saturated heterocycles. The summed E-state index contributed by atoms with van der Waals surface area (Å²) < 4.78 is 0. The number of urea groups is 1. The molecule has 0 unspecified atom stereocenters. The number of amides is 2. The van der Waals surface area contributed by atoms with Crippen LogP contribution in [0.2, 0.25) is 0 Å². The van der Waals surface area contributed by atoms with Gasteiger partial charge in [-0.05, 0) is 43.5 Å². The Balaban J connectivity index is 2.98. The molecule has 0 aliphatic rings. The SMILES string of the molecule is Cc1cc(C)c(NC(=O)NN)cc1C. The van der Waals surface area contributed by atoms with Crippen molar-refractivity contribution in [3.8, 4) is 0 Å². The first kappa shape index (κ1) is 10.5. The lowest BCUT2D eigenvalue weighted by molar-refractivity contribution is 0.252. The summed E-state index contributed by atoms with van der Waals surface area (Å²) in [7, 11) is 0. The lowest BCUT2D eigenvalue weighted by atomic mass is 10.1. The molecule has 1 rings (SSSR count). The van der Waals surface area contributed by atoms with Gasteiger partial charge in [0.25, 0.3) is 0 Å². The van der Waals surface area contributed by atoms with E-state index in [1.807, 2.05) is 38.3 Å². The van der Waals surface area contributed by atoms with Gasteiger partial charge in [0.2, 0.25) is 0 Å². The highest BCUT2D eigenvalue weighted by Gasteiger charge is 2.04. The van der Waals surface area contributed by atoms with Crippen LogP contribution in [-0.2, 0) is 0 Å². The summed E-state index contributed by atoms with van der Waals surface area (Å²) in [5.41, 5.74) is 6.19. The van der Waals surface area contributed by atoms with Gasteiger partial charge in [0, 0.05) is 5.69 Å². The van der Waals surface area contributed by atoms with E-state index in [9.17, 15) is 4.79 Å². The summed E-state index contributed by atoms with van der Waals surface area (Å²) in [5.74, 6) is 4.98. The van der Waals surface area contributed by atoms with Crippen LogP contribution in [0.4, 0.5) is 10.5 Å².